The average Bonchev–Trinajstić information content (AvgIpc) is 3.57. The van der Waals surface area contributed by atoms with Crippen LogP contribution in [0, 0.1) is 6.92 Å². The van der Waals surface area contributed by atoms with Crippen molar-refractivity contribution in [1.29, 1.82) is 0 Å². The van der Waals surface area contributed by atoms with Gasteiger partial charge < -0.3 is 10.1 Å². The van der Waals surface area contributed by atoms with Crippen molar-refractivity contribution in [1.82, 2.24) is 14.9 Å². The van der Waals surface area contributed by atoms with Crippen LogP contribution in [-0.4, -0.2) is 33.6 Å². The number of aromatic nitrogens is 2. The summed E-state index contributed by atoms with van der Waals surface area (Å²) in [4.78, 5) is 42.2. The van der Waals surface area contributed by atoms with E-state index in [4.69, 9.17) is 4.74 Å². The molecule has 2 aromatic carbocycles. The van der Waals surface area contributed by atoms with E-state index < -0.39 is 12.1 Å². The number of nitrogens with zero attached hydrogens (tertiary/aromatic N) is 2. The summed E-state index contributed by atoms with van der Waals surface area (Å²) in [7, 11) is 0. The summed E-state index contributed by atoms with van der Waals surface area (Å²) in [5, 5.41) is 3.34. The highest BCUT2D eigenvalue weighted by Crippen LogP contribution is 2.19. The van der Waals surface area contributed by atoms with Gasteiger partial charge in [0.25, 0.3) is 11.5 Å². The van der Waals surface area contributed by atoms with Gasteiger partial charge in [-0.1, -0.05) is 29.8 Å². The number of fused-ring (bicyclic) bond motifs is 1. The molecule has 0 saturated heterocycles. The first-order valence-corrected chi connectivity index (χ1v) is 10.5. The Morgan fingerprint density at radius 3 is 2.58 bits per heavy atom. The van der Waals surface area contributed by atoms with Crippen LogP contribution in [0.5, 0.6) is 0 Å². The average molecular weight is 419 g/mol. The van der Waals surface area contributed by atoms with Gasteiger partial charge in [-0.2, -0.15) is 0 Å². The molecule has 1 atom stereocenters. The quantitative estimate of drug-likeness (QED) is 0.595. The zero-order chi connectivity index (χ0) is 22.0. The lowest BCUT2D eigenvalue weighted by Crippen LogP contribution is -2.37. The molecule has 0 bridgehead atoms. The second-order valence-corrected chi connectivity index (χ2v) is 7.94. The maximum atomic E-state index is 13.2. The van der Waals surface area contributed by atoms with E-state index in [1.807, 2.05) is 37.3 Å². The highest BCUT2D eigenvalue weighted by atomic mass is 16.5. The fourth-order valence-electron chi connectivity index (χ4n) is 3.38. The number of nitrogens with one attached hydrogen (secondary N) is 1. The minimum absolute atomic E-state index is 0.0116. The molecule has 1 aromatic heterocycles. The molecule has 0 unspecified atom stereocenters. The molecule has 3 aromatic rings. The molecule has 4 rings (SSSR count). The zero-order valence-corrected chi connectivity index (χ0v) is 17.6. The van der Waals surface area contributed by atoms with E-state index in [2.05, 4.69) is 10.3 Å². The number of benzene rings is 2. The highest BCUT2D eigenvalue weighted by Gasteiger charge is 2.27. The second kappa shape index (κ2) is 8.71. The zero-order valence-electron chi connectivity index (χ0n) is 17.6. The minimum atomic E-state index is -0.850. The van der Waals surface area contributed by atoms with E-state index in [1.165, 1.54) is 4.57 Å². The van der Waals surface area contributed by atoms with Crippen LogP contribution in [0.3, 0.4) is 0 Å². The van der Waals surface area contributed by atoms with Crippen LogP contribution in [-0.2, 0) is 20.7 Å². The fraction of sp³-hybridized carbons (Fsp3) is 0.333. The van der Waals surface area contributed by atoms with Gasteiger partial charge in [0.05, 0.1) is 23.0 Å². The summed E-state index contributed by atoms with van der Waals surface area (Å²) in [5.74, 6) is -0.313. The Labute approximate surface area is 180 Å². The molecule has 0 aliphatic heterocycles. The summed E-state index contributed by atoms with van der Waals surface area (Å²) in [6.07, 6.45) is 1.31. The fourth-order valence-corrected chi connectivity index (χ4v) is 3.38. The lowest BCUT2D eigenvalue weighted by Gasteiger charge is -2.15. The van der Waals surface area contributed by atoms with Gasteiger partial charge in [-0.05, 0) is 51.0 Å². The largest absolute Gasteiger partial charge is 0.453 e. The number of amides is 1. The third-order valence-electron chi connectivity index (χ3n) is 5.29. The molecular formula is C24H25N3O4. The third kappa shape index (κ3) is 4.82. The number of aryl methyl sites for hydroxylation is 2. The number of hydrogen-bond acceptors (Lipinski definition) is 5. The van der Waals surface area contributed by atoms with Crippen molar-refractivity contribution in [2.75, 3.05) is 0 Å². The summed E-state index contributed by atoms with van der Waals surface area (Å²) >= 11 is 0. The van der Waals surface area contributed by atoms with Crippen LogP contribution < -0.4 is 10.9 Å². The number of carbonyl (C=O) groups is 2. The van der Waals surface area contributed by atoms with Crippen molar-refractivity contribution in [3.63, 3.8) is 0 Å². The van der Waals surface area contributed by atoms with Gasteiger partial charge in [0.1, 0.15) is 5.82 Å². The van der Waals surface area contributed by atoms with Crippen molar-refractivity contribution >= 4 is 22.8 Å². The van der Waals surface area contributed by atoms with Crippen LogP contribution in [0.2, 0.25) is 0 Å². The molecule has 1 N–H and O–H groups in total. The summed E-state index contributed by atoms with van der Waals surface area (Å²) in [5.41, 5.74) is 2.16. The molecule has 0 radical (unpaired) electrons. The first-order valence-electron chi connectivity index (χ1n) is 10.5. The molecule has 1 heterocycles. The number of ether oxygens (including phenoxy) is 1. The van der Waals surface area contributed by atoms with Gasteiger partial charge >= 0.3 is 5.97 Å². The van der Waals surface area contributed by atoms with Crippen LogP contribution in [0.25, 0.3) is 16.6 Å². The Hall–Kier alpha value is -3.48. The number of esters is 1. The summed E-state index contributed by atoms with van der Waals surface area (Å²) < 4.78 is 6.82. The minimum Gasteiger partial charge on any atom is -0.453 e. The maximum absolute atomic E-state index is 13.2. The van der Waals surface area contributed by atoms with E-state index >= 15 is 0 Å². The molecule has 7 heteroatoms. The molecule has 1 saturated carbocycles. The number of hydrogen-bond donors (Lipinski definition) is 1. The molecule has 31 heavy (non-hydrogen) atoms. The number of carbonyl (C=O) groups excluding carboxylic acids is 2. The molecule has 1 aliphatic rings. The second-order valence-electron chi connectivity index (χ2n) is 7.94. The van der Waals surface area contributed by atoms with E-state index in [9.17, 15) is 14.4 Å². The van der Waals surface area contributed by atoms with Gasteiger partial charge in [0, 0.05) is 12.5 Å². The molecule has 1 aliphatic carbocycles. The molecule has 1 fully saturated rings. The van der Waals surface area contributed by atoms with Crippen LogP contribution in [0.15, 0.2) is 53.3 Å². The predicted octanol–water partition coefficient (Wildman–Crippen LogP) is 2.84. The van der Waals surface area contributed by atoms with Gasteiger partial charge in [-0.25, -0.2) is 4.98 Å². The molecule has 160 valence electrons. The Morgan fingerprint density at radius 1 is 1.16 bits per heavy atom. The Morgan fingerprint density at radius 2 is 1.87 bits per heavy atom. The number of rotatable bonds is 7. The summed E-state index contributed by atoms with van der Waals surface area (Å²) in [6.45, 7) is 3.54. The van der Waals surface area contributed by atoms with E-state index in [1.54, 1.807) is 25.1 Å². The van der Waals surface area contributed by atoms with Gasteiger partial charge in [0.2, 0.25) is 0 Å². The third-order valence-corrected chi connectivity index (χ3v) is 5.29. The lowest BCUT2D eigenvalue weighted by molar-refractivity contribution is -0.154. The number of para-hydroxylation sites is 1. The Balaban J connectivity index is 1.56. The van der Waals surface area contributed by atoms with E-state index in [-0.39, 0.29) is 30.3 Å². The topological polar surface area (TPSA) is 90.3 Å². The first-order chi connectivity index (χ1) is 14.9. The maximum Gasteiger partial charge on any atom is 0.307 e. The highest BCUT2D eigenvalue weighted by molar-refractivity contribution is 5.84. The molecule has 1 amide bonds. The van der Waals surface area contributed by atoms with Crippen molar-refractivity contribution in [2.24, 2.45) is 0 Å². The summed E-state index contributed by atoms with van der Waals surface area (Å²) in [6, 6.07) is 14.9. The SMILES string of the molecule is Cc1ccc(-n2c(CCC(=O)O[C@@H](C)C(=O)NC3CC3)nc3ccccc3c2=O)cc1. The monoisotopic (exact) mass is 419 g/mol. The van der Waals surface area contributed by atoms with Crippen molar-refractivity contribution < 1.29 is 14.3 Å². The molecule has 7 nitrogen and oxygen atoms in total. The van der Waals surface area contributed by atoms with Gasteiger partial charge in [-0.3, -0.25) is 19.0 Å². The Kier molecular flexibility index (Phi) is 5.84. The lowest BCUT2D eigenvalue weighted by atomic mass is 10.2. The van der Waals surface area contributed by atoms with Crippen LogP contribution in [0.1, 0.15) is 37.6 Å². The van der Waals surface area contributed by atoms with Gasteiger partial charge in [0.15, 0.2) is 6.10 Å². The van der Waals surface area contributed by atoms with Crippen molar-refractivity contribution in [3.8, 4) is 5.69 Å². The first kappa shape index (κ1) is 20.8. The van der Waals surface area contributed by atoms with Crippen molar-refractivity contribution in [2.45, 2.75) is 51.7 Å². The molecular weight excluding hydrogens is 394 g/mol. The Bertz CT molecular complexity index is 1180. The van der Waals surface area contributed by atoms with E-state index in [0.717, 1.165) is 18.4 Å². The standard InChI is InChI=1S/C24H25N3O4/c1-15-7-11-18(12-8-15)27-21(26-20-6-4-3-5-19(20)24(27)30)13-14-22(28)31-16(2)23(29)25-17-9-10-17/h3-8,11-12,16-17H,9-10,13-14H2,1-2H3,(H,25,29)/t16-/m0/s1. The van der Waals surface area contributed by atoms with Crippen LogP contribution >= 0.6 is 0 Å². The molecule has 0 spiro atoms. The van der Waals surface area contributed by atoms with Gasteiger partial charge in [-0.15, -0.1) is 0 Å². The van der Waals surface area contributed by atoms with Crippen LogP contribution in [0.4, 0.5) is 0 Å². The predicted molar refractivity (Wildman–Crippen MR) is 117 cm³/mol. The normalized spacial score (nSPS) is 14.3. The van der Waals surface area contributed by atoms with E-state index in [0.29, 0.717) is 22.4 Å². The smallest absolute Gasteiger partial charge is 0.307 e. The van der Waals surface area contributed by atoms with Crippen molar-refractivity contribution in [3.05, 3.63) is 70.3 Å².